The van der Waals surface area contributed by atoms with Gasteiger partial charge in [-0.2, -0.15) is 0 Å². The van der Waals surface area contributed by atoms with E-state index >= 15 is 0 Å². The minimum absolute atomic E-state index is 0.103. The van der Waals surface area contributed by atoms with Gasteiger partial charge in [-0.15, -0.1) is 0 Å². The highest BCUT2D eigenvalue weighted by Crippen LogP contribution is 2.29. The standard InChI is InChI=1S/C11H20N2O2/c1-8(12)11(14)13-5-2-3-9-7-15-6-4-10(9)13/h8-10H,2-7,12H2,1H3/t8-,9?,10?/m0/s1. The normalized spacial score (nSPS) is 33.3. The number of carbonyl (C=O) groups excluding carboxylic acids is 1. The van der Waals surface area contributed by atoms with E-state index in [0.717, 1.165) is 32.6 Å². The molecule has 0 saturated carbocycles. The van der Waals surface area contributed by atoms with E-state index in [9.17, 15) is 4.79 Å². The molecule has 15 heavy (non-hydrogen) atoms. The summed E-state index contributed by atoms with van der Waals surface area (Å²) >= 11 is 0. The van der Waals surface area contributed by atoms with Crippen molar-refractivity contribution < 1.29 is 9.53 Å². The molecule has 2 N–H and O–H groups in total. The van der Waals surface area contributed by atoms with Gasteiger partial charge in [0.25, 0.3) is 0 Å². The van der Waals surface area contributed by atoms with Gasteiger partial charge < -0.3 is 15.4 Å². The molecular formula is C11H20N2O2. The number of ether oxygens (including phenoxy) is 1. The van der Waals surface area contributed by atoms with Crippen LogP contribution in [-0.2, 0) is 9.53 Å². The van der Waals surface area contributed by atoms with E-state index in [-0.39, 0.29) is 11.9 Å². The van der Waals surface area contributed by atoms with E-state index in [1.54, 1.807) is 6.92 Å². The van der Waals surface area contributed by atoms with Crippen LogP contribution in [0.3, 0.4) is 0 Å². The van der Waals surface area contributed by atoms with Gasteiger partial charge >= 0.3 is 0 Å². The third-order valence-electron chi connectivity index (χ3n) is 3.48. The number of likely N-dealkylation sites (tertiary alicyclic amines) is 1. The number of nitrogens with two attached hydrogens (primary N) is 1. The third-order valence-corrected chi connectivity index (χ3v) is 3.48. The molecule has 2 saturated heterocycles. The predicted octanol–water partition coefficient (Wildman–Crippen LogP) is 0.361. The zero-order valence-electron chi connectivity index (χ0n) is 9.32. The zero-order chi connectivity index (χ0) is 10.8. The molecule has 0 spiro atoms. The fourth-order valence-electron chi connectivity index (χ4n) is 2.70. The molecule has 3 atom stereocenters. The third kappa shape index (κ3) is 2.16. The zero-order valence-corrected chi connectivity index (χ0v) is 9.32. The Hall–Kier alpha value is -0.610. The monoisotopic (exact) mass is 212 g/mol. The van der Waals surface area contributed by atoms with Gasteiger partial charge in [-0.3, -0.25) is 4.79 Å². The molecule has 2 fully saturated rings. The molecule has 0 aliphatic carbocycles. The first-order chi connectivity index (χ1) is 7.20. The molecule has 0 bridgehead atoms. The summed E-state index contributed by atoms with van der Waals surface area (Å²) in [6.45, 7) is 4.24. The molecule has 4 heteroatoms. The molecule has 1 amide bonds. The first-order valence-corrected chi connectivity index (χ1v) is 5.84. The Morgan fingerprint density at radius 3 is 3.07 bits per heavy atom. The smallest absolute Gasteiger partial charge is 0.239 e. The molecule has 2 heterocycles. The lowest BCUT2D eigenvalue weighted by Gasteiger charge is -2.44. The molecule has 2 unspecified atom stereocenters. The van der Waals surface area contributed by atoms with Crippen LogP contribution in [0.2, 0.25) is 0 Å². The van der Waals surface area contributed by atoms with Crippen molar-refractivity contribution in [3.05, 3.63) is 0 Å². The molecule has 86 valence electrons. The van der Waals surface area contributed by atoms with E-state index in [1.165, 1.54) is 6.42 Å². The van der Waals surface area contributed by atoms with Gasteiger partial charge in [-0.1, -0.05) is 0 Å². The Morgan fingerprint density at radius 1 is 1.53 bits per heavy atom. The SMILES string of the molecule is C[C@H](N)C(=O)N1CCCC2COCCC21. The largest absolute Gasteiger partial charge is 0.381 e. The van der Waals surface area contributed by atoms with Crippen LogP contribution in [0.1, 0.15) is 26.2 Å². The number of amides is 1. The molecule has 2 aliphatic rings. The fraction of sp³-hybridized carbons (Fsp3) is 0.909. The number of rotatable bonds is 1. The number of hydrogen-bond acceptors (Lipinski definition) is 3. The van der Waals surface area contributed by atoms with Crippen LogP contribution >= 0.6 is 0 Å². The van der Waals surface area contributed by atoms with Gasteiger partial charge in [-0.25, -0.2) is 0 Å². The second-order valence-electron chi connectivity index (χ2n) is 4.65. The molecular weight excluding hydrogens is 192 g/mol. The molecule has 0 aromatic rings. The quantitative estimate of drug-likeness (QED) is 0.683. The second-order valence-corrected chi connectivity index (χ2v) is 4.65. The maximum absolute atomic E-state index is 11.9. The van der Waals surface area contributed by atoms with Crippen molar-refractivity contribution in [2.24, 2.45) is 11.7 Å². The van der Waals surface area contributed by atoms with Crippen molar-refractivity contribution in [2.45, 2.75) is 38.3 Å². The van der Waals surface area contributed by atoms with Crippen LogP contribution in [0.15, 0.2) is 0 Å². The second kappa shape index (κ2) is 4.49. The molecule has 2 aliphatic heterocycles. The highest BCUT2D eigenvalue weighted by molar-refractivity contribution is 5.81. The van der Waals surface area contributed by atoms with Crippen LogP contribution in [-0.4, -0.2) is 42.6 Å². The minimum atomic E-state index is -0.369. The summed E-state index contributed by atoms with van der Waals surface area (Å²) in [5.74, 6) is 0.641. The van der Waals surface area contributed by atoms with Gasteiger partial charge in [0.05, 0.1) is 12.6 Å². The van der Waals surface area contributed by atoms with Crippen LogP contribution in [0.5, 0.6) is 0 Å². The highest BCUT2D eigenvalue weighted by Gasteiger charge is 2.36. The summed E-state index contributed by atoms with van der Waals surface area (Å²) in [7, 11) is 0. The van der Waals surface area contributed by atoms with E-state index in [1.807, 2.05) is 4.90 Å². The molecule has 4 nitrogen and oxygen atoms in total. The van der Waals surface area contributed by atoms with Crippen molar-refractivity contribution >= 4 is 5.91 Å². The first-order valence-electron chi connectivity index (χ1n) is 5.84. The van der Waals surface area contributed by atoms with Crippen LogP contribution in [0.25, 0.3) is 0 Å². The van der Waals surface area contributed by atoms with E-state index in [2.05, 4.69) is 0 Å². The minimum Gasteiger partial charge on any atom is -0.381 e. The van der Waals surface area contributed by atoms with Gasteiger partial charge in [-0.05, 0) is 26.2 Å². The van der Waals surface area contributed by atoms with Crippen LogP contribution in [0, 0.1) is 5.92 Å². The Labute approximate surface area is 90.8 Å². The summed E-state index contributed by atoms with van der Waals surface area (Å²) in [5, 5.41) is 0. The number of fused-ring (bicyclic) bond motifs is 1. The Morgan fingerprint density at radius 2 is 2.33 bits per heavy atom. The van der Waals surface area contributed by atoms with Gasteiger partial charge in [0.1, 0.15) is 0 Å². The number of hydrogen-bond donors (Lipinski definition) is 1. The first kappa shape index (κ1) is 10.9. The van der Waals surface area contributed by atoms with E-state index in [4.69, 9.17) is 10.5 Å². The summed E-state index contributed by atoms with van der Waals surface area (Å²) in [5.41, 5.74) is 5.67. The lowest BCUT2D eigenvalue weighted by Crippen LogP contribution is -2.55. The van der Waals surface area contributed by atoms with E-state index < -0.39 is 0 Å². The lowest BCUT2D eigenvalue weighted by molar-refractivity contribution is -0.141. The topological polar surface area (TPSA) is 55.6 Å². The fourth-order valence-corrected chi connectivity index (χ4v) is 2.70. The summed E-state index contributed by atoms with van der Waals surface area (Å²) in [6.07, 6.45) is 3.25. The number of nitrogens with zero attached hydrogens (tertiary/aromatic N) is 1. The maximum Gasteiger partial charge on any atom is 0.239 e. The van der Waals surface area contributed by atoms with Gasteiger partial charge in [0.15, 0.2) is 0 Å². The van der Waals surface area contributed by atoms with Crippen LogP contribution in [0.4, 0.5) is 0 Å². The molecule has 2 rings (SSSR count). The van der Waals surface area contributed by atoms with Crippen molar-refractivity contribution in [3.8, 4) is 0 Å². The summed E-state index contributed by atoms with van der Waals surface area (Å²) in [4.78, 5) is 13.9. The van der Waals surface area contributed by atoms with Crippen molar-refractivity contribution in [2.75, 3.05) is 19.8 Å². The van der Waals surface area contributed by atoms with Crippen molar-refractivity contribution in [1.29, 1.82) is 0 Å². The van der Waals surface area contributed by atoms with Crippen LogP contribution < -0.4 is 5.73 Å². The highest BCUT2D eigenvalue weighted by atomic mass is 16.5. The lowest BCUT2D eigenvalue weighted by atomic mass is 9.86. The number of piperidine rings is 1. The maximum atomic E-state index is 11.9. The number of carbonyl (C=O) groups is 1. The summed E-state index contributed by atoms with van der Waals surface area (Å²) in [6, 6.07) is 0.0117. The Balaban J connectivity index is 2.06. The average molecular weight is 212 g/mol. The molecule has 0 aromatic carbocycles. The Bertz CT molecular complexity index is 241. The van der Waals surface area contributed by atoms with Crippen molar-refractivity contribution in [1.82, 2.24) is 4.90 Å². The molecule has 0 aromatic heterocycles. The van der Waals surface area contributed by atoms with E-state index in [0.29, 0.717) is 12.0 Å². The Kier molecular flexibility index (Phi) is 3.26. The average Bonchev–Trinajstić information content (AvgIpc) is 2.27. The summed E-state index contributed by atoms with van der Waals surface area (Å²) < 4.78 is 5.46. The molecule has 0 radical (unpaired) electrons. The predicted molar refractivity (Wildman–Crippen MR) is 57.3 cm³/mol. The van der Waals surface area contributed by atoms with Gasteiger partial charge in [0, 0.05) is 25.1 Å². The van der Waals surface area contributed by atoms with Crippen molar-refractivity contribution in [3.63, 3.8) is 0 Å². The van der Waals surface area contributed by atoms with Gasteiger partial charge in [0.2, 0.25) is 5.91 Å².